The number of hydrogen-bond donors (Lipinski definition) is 2. The number of nitrogens with one attached hydrogen (secondary N) is 1. The van der Waals surface area contributed by atoms with Crippen LogP contribution in [0.25, 0.3) is 0 Å². The van der Waals surface area contributed by atoms with Crippen molar-refractivity contribution in [2.45, 2.75) is 32.0 Å². The molecule has 1 heterocycles. The molecule has 0 spiro atoms. The van der Waals surface area contributed by atoms with Crippen molar-refractivity contribution in [2.75, 3.05) is 19.6 Å². The largest absolute Gasteiger partial charge is 0.479 e. The van der Waals surface area contributed by atoms with E-state index < -0.39 is 12.2 Å². The van der Waals surface area contributed by atoms with Gasteiger partial charge in [0.05, 0.1) is 11.1 Å². The summed E-state index contributed by atoms with van der Waals surface area (Å²) >= 11 is 11.8. The van der Waals surface area contributed by atoms with Crippen molar-refractivity contribution in [3.05, 3.63) is 28.2 Å². The second kappa shape index (κ2) is 8.55. The van der Waals surface area contributed by atoms with Crippen LogP contribution in [0.3, 0.4) is 0 Å². The van der Waals surface area contributed by atoms with E-state index in [9.17, 15) is 14.7 Å². The maximum atomic E-state index is 12.0. The molecule has 24 heavy (non-hydrogen) atoms. The number of aliphatic hydroxyl groups is 1. The molecule has 0 bridgehead atoms. The molecule has 0 aromatic heterocycles. The van der Waals surface area contributed by atoms with Crippen molar-refractivity contribution in [1.29, 1.82) is 0 Å². The quantitative estimate of drug-likeness (QED) is 0.763. The maximum absolute atomic E-state index is 12.0. The zero-order valence-corrected chi connectivity index (χ0v) is 14.8. The summed E-state index contributed by atoms with van der Waals surface area (Å²) in [6.07, 6.45) is -0.275. The summed E-state index contributed by atoms with van der Waals surface area (Å²) < 4.78 is 5.50. The third-order valence-electron chi connectivity index (χ3n) is 3.68. The minimum absolute atomic E-state index is 0.0365. The highest BCUT2D eigenvalue weighted by Crippen LogP contribution is 2.28. The minimum Gasteiger partial charge on any atom is -0.479 e. The van der Waals surface area contributed by atoms with Gasteiger partial charge in [0.1, 0.15) is 5.75 Å². The van der Waals surface area contributed by atoms with Crippen molar-refractivity contribution < 1.29 is 19.4 Å². The predicted octanol–water partition coefficient (Wildman–Crippen LogP) is 1.86. The van der Waals surface area contributed by atoms with E-state index in [1.165, 1.54) is 6.07 Å². The molecule has 0 radical (unpaired) electrons. The van der Waals surface area contributed by atoms with E-state index in [1.807, 2.05) is 0 Å². The lowest BCUT2D eigenvalue weighted by Crippen LogP contribution is -2.44. The summed E-state index contributed by atoms with van der Waals surface area (Å²) in [7, 11) is 0. The normalized spacial score (nSPS) is 16.8. The van der Waals surface area contributed by atoms with Crippen molar-refractivity contribution in [2.24, 2.45) is 0 Å². The second-order valence-corrected chi connectivity index (χ2v) is 6.52. The molecule has 6 nitrogen and oxygen atoms in total. The Morgan fingerprint density at radius 1 is 1.46 bits per heavy atom. The highest BCUT2D eigenvalue weighted by molar-refractivity contribution is 6.35. The van der Waals surface area contributed by atoms with Crippen LogP contribution in [0.15, 0.2) is 18.2 Å². The Labute approximate surface area is 150 Å². The Morgan fingerprint density at radius 2 is 2.21 bits per heavy atom. The molecule has 2 unspecified atom stereocenters. The van der Waals surface area contributed by atoms with Gasteiger partial charge in [-0.2, -0.15) is 0 Å². The molecule has 2 amide bonds. The first kappa shape index (κ1) is 18.8. The first-order valence-electron chi connectivity index (χ1n) is 7.72. The number of ether oxygens (including phenoxy) is 1. The number of carbonyl (C=O) groups is 2. The highest BCUT2D eigenvalue weighted by atomic mass is 35.5. The van der Waals surface area contributed by atoms with Gasteiger partial charge in [-0.1, -0.05) is 23.2 Å². The van der Waals surface area contributed by atoms with Crippen LogP contribution in [0, 0.1) is 0 Å². The lowest BCUT2D eigenvalue weighted by atomic mass is 10.3. The first-order valence-corrected chi connectivity index (χ1v) is 8.47. The zero-order chi connectivity index (χ0) is 17.7. The molecular weight excluding hydrogens is 355 g/mol. The van der Waals surface area contributed by atoms with Crippen LogP contribution < -0.4 is 10.1 Å². The fourth-order valence-electron chi connectivity index (χ4n) is 2.39. The summed E-state index contributed by atoms with van der Waals surface area (Å²) in [5.41, 5.74) is 0. The minimum atomic E-state index is -0.817. The number of halogens is 2. The predicted molar refractivity (Wildman–Crippen MR) is 91.4 cm³/mol. The van der Waals surface area contributed by atoms with Gasteiger partial charge in [0.25, 0.3) is 5.91 Å². The van der Waals surface area contributed by atoms with E-state index in [1.54, 1.807) is 24.0 Å². The molecule has 8 heteroatoms. The Bertz CT molecular complexity index is 612. The molecule has 1 fully saturated rings. The maximum Gasteiger partial charge on any atom is 0.260 e. The van der Waals surface area contributed by atoms with E-state index in [0.717, 1.165) is 6.42 Å². The molecule has 1 aliphatic heterocycles. The van der Waals surface area contributed by atoms with Crippen LogP contribution >= 0.6 is 23.2 Å². The van der Waals surface area contributed by atoms with Crippen LogP contribution in [-0.2, 0) is 9.59 Å². The summed E-state index contributed by atoms with van der Waals surface area (Å²) in [4.78, 5) is 25.1. The van der Waals surface area contributed by atoms with Crippen LogP contribution in [0.5, 0.6) is 5.75 Å². The molecule has 2 rings (SSSR count). The highest BCUT2D eigenvalue weighted by Gasteiger charge is 2.23. The van der Waals surface area contributed by atoms with E-state index in [0.29, 0.717) is 28.8 Å². The molecule has 1 aromatic carbocycles. The van der Waals surface area contributed by atoms with Gasteiger partial charge >= 0.3 is 0 Å². The Morgan fingerprint density at radius 3 is 2.83 bits per heavy atom. The summed E-state index contributed by atoms with van der Waals surface area (Å²) in [6, 6.07) is 4.73. The molecule has 1 aromatic rings. The molecule has 0 aliphatic carbocycles. The number of β-amino-alcohol motifs (C(OH)–C–C–N with tert-alkyl or cyclic N) is 1. The van der Waals surface area contributed by atoms with Crippen LogP contribution in [0.2, 0.25) is 10.0 Å². The van der Waals surface area contributed by atoms with Gasteiger partial charge in [-0.3, -0.25) is 9.59 Å². The van der Waals surface area contributed by atoms with Gasteiger partial charge in [0.2, 0.25) is 5.91 Å². The number of amides is 2. The number of likely N-dealkylation sites (tertiary alicyclic amines) is 1. The standard InChI is InChI=1S/C16H20Cl2N2O4/c1-10(24-14-5-4-11(17)7-13(14)18)16(23)19-8-12(21)9-20-6-2-3-15(20)22/h4-5,7,10,12,21H,2-3,6,8-9H2,1H3,(H,19,23). The van der Waals surface area contributed by atoms with Crippen molar-refractivity contribution in [3.8, 4) is 5.75 Å². The van der Waals surface area contributed by atoms with Gasteiger partial charge in [-0.15, -0.1) is 0 Å². The fourth-order valence-corrected chi connectivity index (χ4v) is 2.85. The summed E-state index contributed by atoms with van der Waals surface area (Å²) in [5, 5.41) is 13.3. The number of carbonyl (C=O) groups excluding carboxylic acids is 2. The Kier molecular flexibility index (Phi) is 6.71. The second-order valence-electron chi connectivity index (χ2n) is 5.68. The Balaban J connectivity index is 1.77. The van der Waals surface area contributed by atoms with E-state index in [-0.39, 0.29) is 24.9 Å². The summed E-state index contributed by atoms with van der Waals surface area (Å²) in [5.74, 6) is 0.00852. The van der Waals surface area contributed by atoms with E-state index in [4.69, 9.17) is 27.9 Å². The van der Waals surface area contributed by atoms with Crippen molar-refractivity contribution >= 4 is 35.0 Å². The van der Waals surface area contributed by atoms with Crippen LogP contribution in [0.4, 0.5) is 0 Å². The average Bonchev–Trinajstić information content (AvgIpc) is 2.92. The fraction of sp³-hybridized carbons (Fsp3) is 0.500. The molecule has 2 atom stereocenters. The molecule has 1 aliphatic rings. The van der Waals surface area contributed by atoms with Gasteiger partial charge in [-0.25, -0.2) is 0 Å². The lowest BCUT2D eigenvalue weighted by molar-refractivity contribution is -0.129. The summed E-state index contributed by atoms with van der Waals surface area (Å²) in [6.45, 7) is 2.50. The number of nitrogens with zero attached hydrogens (tertiary/aromatic N) is 1. The lowest BCUT2D eigenvalue weighted by Gasteiger charge is -2.21. The van der Waals surface area contributed by atoms with E-state index >= 15 is 0 Å². The van der Waals surface area contributed by atoms with Crippen molar-refractivity contribution in [1.82, 2.24) is 10.2 Å². The SMILES string of the molecule is CC(Oc1ccc(Cl)cc1Cl)C(=O)NCC(O)CN1CCCC1=O. The molecular formula is C16H20Cl2N2O4. The third kappa shape index (κ3) is 5.26. The zero-order valence-electron chi connectivity index (χ0n) is 13.3. The van der Waals surface area contributed by atoms with E-state index in [2.05, 4.69) is 5.32 Å². The Hall–Kier alpha value is -1.50. The number of rotatable bonds is 7. The van der Waals surface area contributed by atoms with Gasteiger partial charge in [0, 0.05) is 31.1 Å². The van der Waals surface area contributed by atoms with Gasteiger partial charge in [0.15, 0.2) is 6.10 Å². The molecule has 0 saturated carbocycles. The van der Waals surface area contributed by atoms with Gasteiger partial charge in [-0.05, 0) is 31.5 Å². The first-order chi connectivity index (χ1) is 11.4. The molecule has 1 saturated heterocycles. The van der Waals surface area contributed by atoms with Gasteiger partial charge < -0.3 is 20.1 Å². The topological polar surface area (TPSA) is 78.9 Å². The number of aliphatic hydroxyl groups excluding tert-OH is 1. The molecule has 132 valence electrons. The van der Waals surface area contributed by atoms with Crippen LogP contribution in [0.1, 0.15) is 19.8 Å². The smallest absolute Gasteiger partial charge is 0.260 e. The molecule has 2 N–H and O–H groups in total. The van der Waals surface area contributed by atoms with Crippen molar-refractivity contribution in [3.63, 3.8) is 0 Å². The monoisotopic (exact) mass is 374 g/mol. The van der Waals surface area contributed by atoms with Crippen LogP contribution in [-0.4, -0.2) is 53.7 Å². The third-order valence-corrected chi connectivity index (χ3v) is 4.21. The average molecular weight is 375 g/mol. The number of benzene rings is 1. The number of hydrogen-bond acceptors (Lipinski definition) is 4.